The molecule has 0 aromatic heterocycles. The molecule has 0 unspecified atom stereocenters. The van der Waals surface area contributed by atoms with Gasteiger partial charge in [-0.1, -0.05) is 6.07 Å². The highest BCUT2D eigenvalue weighted by Crippen LogP contribution is 2.22. The average molecular weight is 294 g/mol. The smallest absolute Gasteiger partial charge is 0.330 e. The molecule has 0 radical (unpaired) electrons. The lowest BCUT2D eigenvalue weighted by molar-refractivity contribution is -0.167. The Morgan fingerprint density at radius 1 is 1.45 bits per heavy atom. The lowest BCUT2D eigenvalue weighted by Gasteiger charge is -2.15. The van der Waals surface area contributed by atoms with Crippen molar-refractivity contribution in [2.45, 2.75) is 19.3 Å². The van der Waals surface area contributed by atoms with Crippen molar-refractivity contribution in [2.75, 3.05) is 24.3 Å². The fourth-order valence-electron chi connectivity index (χ4n) is 1.26. The summed E-state index contributed by atoms with van der Waals surface area (Å²) in [5.41, 5.74) is 7.25. The number of anilines is 2. The van der Waals surface area contributed by atoms with Gasteiger partial charge in [0.25, 0.3) is 0 Å². The third-order valence-corrected chi connectivity index (χ3v) is 2.41. The van der Waals surface area contributed by atoms with Gasteiger partial charge in [0.05, 0.1) is 0 Å². The largest absolute Gasteiger partial charge is 0.398 e. The Hall–Kier alpha value is -1.83. The normalized spacial score (nSPS) is 11.7. The summed E-state index contributed by atoms with van der Waals surface area (Å²) in [4.78, 5) is 11.4. The Morgan fingerprint density at radius 2 is 2.10 bits per heavy atom. The highest BCUT2D eigenvalue weighted by atomic mass is 19.3. The number of nitrogen functional groups attached to an aromatic ring is 1. The quantitative estimate of drug-likeness (QED) is 0.625. The highest BCUT2D eigenvalue weighted by molar-refractivity contribution is 5.92. The van der Waals surface area contributed by atoms with Crippen molar-refractivity contribution in [3.05, 3.63) is 23.8 Å². The van der Waals surface area contributed by atoms with E-state index in [1.165, 1.54) is 6.07 Å². The Labute approximate surface area is 112 Å². The molecule has 0 aliphatic rings. The molecule has 3 N–H and O–H groups in total. The molecule has 0 bridgehead atoms. The molecule has 8 heteroatoms. The second kappa shape index (κ2) is 6.56. The summed E-state index contributed by atoms with van der Waals surface area (Å²) in [7, 11) is 0. The van der Waals surface area contributed by atoms with Crippen LogP contribution in [0.4, 0.5) is 28.9 Å². The SMILES string of the molecule is Cc1ccc(NC(=O)COCC(F)(F)C(F)F)cc1N. The van der Waals surface area contributed by atoms with E-state index in [4.69, 9.17) is 5.73 Å². The van der Waals surface area contributed by atoms with Crippen LogP contribution in [-0.2, 0) is 9.53 Å². The van der Waals surface area contributed by atoms with Crippen molar-refractivity contribution >= 4 is 17.3 Å². The molecule has 0 saturated heterocycles. The number of carbonyl (C=O) groups excluding carboxylic acids is 1. The van der Waals surface area contributed by atoms with E-state index in [0.29, 0.717) is 11.4 Å². The number of amides is 1. The van der Waals surface area contributed by atoms with E-state index in [1.807, 2.05) is 0 Å². The zero-order valence-corrected chi connectivity index (χ0v) is 10.6. The van der Waals surface area contributed by atoms with Crippen LogP contribution in [0.15, 0.2) is 18.2 Å². The van der Waals surface area contributed by atoms with E-state index >= 15 is 0 Å². The number of nitrogens with one attached hydrogen (secondary N) is 1. The van der Waals surface area contributed by atoms with Crippen LogP contribution in [0.1, 0.15) is 5.56 Å². The molecule has 0 fully saturated rings. The number of rotatable bonds is 6. The van der Waals surface area contributed by atoms with Crippen LogP contribution >= 0.6 is 0 Å². The number of hydrogen-bond donors (Lipinski definition) is 2. The first-order chi connectivity index (χ1) is 9.22. The van der Waals surface area contributed by atoms with E-state index in [9.17, 15) is 22.4 Å². The molecular formula is C12H14F4N2O2. The molecule has 0 atom stereocenters. The number of nitrogens with two attached hydrogens (primary N) is 1. The number of aryl methyl sites for hydroxylation is 1. The molecule has 0 aliphatic carbocycles. The van der Waals surface area contributed by atoms with Crippen molar-refractivity contribution in [3.63, 3.8) is 0 Å². The van der Waals surface area contributed by atoms with Crippen LogP contribution in [0.2, 0.25) is 0 Å². The fourth-order valence-corrected chi connectivity index (χ4v) is 1.26. The van der Waals surface area contributed by atoms with Crippen LogP contribution < -0.4 is 11.1 Å². The van der Waals surface area contributed by atoms with E-state index in [1.54, 1.807) is 19.1 Å². The Kier molecular flexibility index (Phi) is 5.32. The van der Waals surface area contributed by atoms with E-state index in [0.717, 1.165) is 5.56 Å². The third-order valence-electron chi connectivity index (χ3n) is 2.41. The molecular weight excluding hydrogens is 280 g/mol. The molecule has 20 heavy (non-hydrogen) atoms. The van der Waals surface area contributed by atoms with Crippen molar-refractivity contribution in [3.8, 4) is 0 Å². The molecule has 1 amide bonds. The van der Waals surface area contributed by atoms with Gasteiger partial charge in [-0.05, 0) is 24.6 Å². The minimum atomic E-state index is -4.27. The summed E-state index contributed by atoms with van der Waals surface area (Å²) in [5.74, 6) is -5.01. The van der Waals surface area contributed by atoms with E-state index in [2.05, 4.69) is 10.1 Å². The lowest BCUT2D eigenvalue weighted by Crippen LogP contribution is -2.33. The Bertz CT molecular complexity index is 481. The zero-order chi connectivity index (χ0) is 15.3. The average Bonchev–Trinajstić information content (AvgIpc) is 2.33. The van der Waals surface area contributed by atoms with Crippen LogP contribution in [0.3, 0.4) is 0 Å². The van der Waals surface area contributed by atoms with Crippen molar-refractivity contribution in [2.24, 2.45) is 0 Å². The maximum absolute atomic E-state index is 12.5. The minimum Gasteiger partial charge on any atom is -0.398 e. The number of hydrogen-bond acceptors (Lipinski definition) is 3. The first-order valence-corrected chi connectivity index (χ1v) is 5.62. The molecule has 0 saturated carbocycles. The number of alkyl halides is 4. The van der Waals surface area contributed by atoms with Crippen LogP contribution in [0.5, 0.6) is 0 Å². The first kappa shape index (κ1) is 16.2. The van der Waals surface area contributed by atoms with Crippen LogP contribution in [-0.4, -0.2) is 31.5 Å². The standard InChI is InChI=1S/C12H14F4N2O2/c1-7-2-3-8(4-9(7)17)18-10(19)5-20-6-12(15,16)11(13)14/h2-4,11H,5-6,17H2,1H3,(H,18,19). The van der Waals surface area contributed by atoms with Crippen molar-refractivity contribution in [1.82, 2.24) is 0 Å². The van der Waals surface area contributed by atoms with Gasteiger partial charge in [0, 0.05) is 11.4 Å². The summed E-state index contributed by atoms with van der Waals surface area (Å²) >= 11 is 0. The highest BCUT2D eigenvalue weighted by Gasteiger charge is 2.41. The zero-order valence-electron chi connectivity index (χ0n) is 10.6. The molecule has 0 aliphatic heterocycles. The number of ether oxygens (including phenoxy) is 1. The van der Waals surface area contributed by atoms with Gasteiger partial charge >= 0.3 is 12.3 Å². The summed E-state index contributed by atoms with van der Waals surface area (Å²) in [6.45, 7) is -0.499. The predicted molar refractivity (Wildman–Crippen MR) is 66.0 cm³/mol. The first-order valence-electron chi connectivity index (χ1n) is 5.62. The maximum atomic E-state index is 12.5. The maximum Gasteiger partial charge on any atom is 0.330 e. The van der Waals surface area contributed by atoms with Gasteiger partial charge in [-0.25, -0.2) is 8.78 Å². The fraction of sp³-hybridized carbons (Fsp3) is 0.417. The van der Waals surface area contributed by atoms with Crippen molar-refractivity contribution < 1.29 is 27.1 Å². The van der Waals surface area contributed by atoms with Gasteiger partial charge in [-0.15, -0.1) is 0 Å². The van der Waals surface area contributed by atoms with Gasteiger partial charge in [-0.2, -0.15) is 8.78 Å². The summed E-state index contributed by atoms with van der Waals surface area (Å²) < 4.78 is 52.9. The number of carbonyl (C=O) groups is 1. The molecule has 1 rings (SSSR count). The van der Waals surface area contributed by atoms with Gasteiger partial charge in [0.1, 0.15) is 13.2 Å². The predicted octanol–water partition coefficient (Wildman–Crippen LogP) is 2.43. The van der Waals surface area contributed by atoms with Crippen LogP contribution in [0, 0.1) is 6.92 Å². The topological polar surface area (TPSA) is 64.3 Å². The van der Waals surface area contributed by atoms with Gasteiger partial charge < -0.3 is 15.8 Å². The molecule has 4 nitrogen and oxygen atoms in total. The van der Waals surface area contributed by atoms with Crippen LogP contribution in [0.25, 0.3) is 0 Å². The van der Waals surface area contributed by atoms with Crippen molar-refractivity contribution in [1.29, 1.82) is 0 Å². The van der Waals surface area contributed by atoms with Gasteiger partial charge in [-0.3, -0.25) is 4.79 Å². The molecule has 0 spiro atoms. The monoisotopic (exact) mass is 294 g/mol. The molecule has 0 heterocycles. The minimum absolute atomic E-state index is 0.363. The summed E-state index contributed by atoms with van der Waals surface area (Å²) in [6.07, 6.45) is -3.83. The molecule has 1 aromatic carbocycles. The summed E-state index contributed by atoms with van der Waals surface area (Å²) in [6, 6.07) is 4.72. The van der Waals surface area contributed by atoms with E-state index in [-0.39, 0.29) is 0 Å². The second-order valence-corrected chi connectivity index (χ2v) is 4.17. The number of benzene rings is 1. The lowest BCUT2D eigenvalue weighted by atomic mass is 10.2. The van der Waals surface area contributed by atoms with Gasteiger partial charge in [0.2, 0.25) is 5.91 Å². The Morgan fingerprint density at radius 3 is 2.65 bits per heavy atom. The molecule has 1 aromatic rings. The Balaban J connectivity index is 2.43. The van der Waals surface area contributed by atoms with E-state index < -0.39 is 31.5 Å². The summed E-state index contributed by atoms with van der Waals surface area (Å²) in [5, 5.41) is 2.35. The molecule has 112 valence electrons. The third kappa shape index (κ3) is 4.69. The number of halogens is 4. The van der Waals surface area contributed by atoms with Gasteiger partial charge in [0.15, 0.2) is 0 Å². The second-order valence-electron chi connectivity index (χ2n) is 4.17.